The fourth-order valence-corrected chi connectivity index (χ4v) is 2.53. The number of hydrogen-bond donors (Lipinski definition) is 1. The number of aromatic nitrogens is 2. The van der Waals surface area contributed by atoms with Crippen molar-refractivity contribution in [2.75, 3.05) is 19.5 Å². The van der Waals surface area contributed by atoms with E-state index in [0.717, 1.165) is 26.8 Å². The van der Waals surface area contributed by atoms with Crippen molar-refractivity contribution in [3.8, 4) is 11.5 Å². The molecule has 3 aromatic rings. The zero-order chi connectivity index (χ0) is 15.5. The van der Waals surface area contributed by atoms with Crippen molar-refractivity contribution >= 4 is 38.3 Å². The molecule has 0 bridgehead atoms. The van der Waals surface area contributed by atoms with E-state index in [1.165, 1.54) is 6.33 Å². The van der Waals surface area contributed by atoms with Crippen LogP contribution >= 0.6 is 15.9 Å². The van der Waals surface area contributed by atoms with Gasteiger partial charge < -0.3 is 14.8 Å². The molecule has 0 amide bonds. The summed E-state index contributed by atoms with van der Waals surface area (Å²) in [6.45, 7) is 0. The normalized spacial score (nSPS) is 10.5. The molecular weight excluding hydrogens is 346 g/mol. The molecule has 5 nitrogen and oxygen atoms in total. The molecule has 2 aromatic carbocycles. The Hall–Kier alpha value is -2.34. The van der Waals surface area contributed by atoms with Gasteiger partial charge in [-0.05, 0) is 30.3 Å². The van der Waals surface area contributed by atoms with Crippen molar-refractivity contribution in [1.29, 1.82) is 0 Å². The van der Waals surface area contributed by atoms with E-state index in [9.17, 15) is 0 Å². The standard InChI is InChI=1S/C16H14BrN3O2/c1-21-11-4-6-15(22-2)14(8-11)20-16-12-7-10(17)3-5-13(12)18-9-19-16/h3-9H,1-2H3,(H,18,19,20). The lowest BCUT2D eigenvalue weighted by molar-refractivity contribution is 0.405. The van der Waals surface area contributed by atoms with Gasteiger partial charge >= 0.3 is 0 Å². The van der Waals surface area contributed by atoms with Crippen LogP contribution in [0.3, 0.4) is 0 Å². The van der Waals surface area contributed by atoms with E-state index in [0.29, 0.717) is 11.6 Å². The third kappa shape index (κ3) is 2.82. The molecule has 0 unspecified atom stereocenters. The molecule has 0 aliphatic rings. The van der Waals surface area contributed by atoms with Crippen LogP contribution in [-0.2, 0) is 0 Å². The van der Waals surface area contributed by atoms with E-state index in [1.54, 1.807) is 14.2 Å². The highest BCUT2D eigenvalue weighted by Crippen LogP contribution is 2.33. The smallest absolute Gasteiger partial charge is 0.142 e. The molecule has 3 rings (SSSR count). The highest BCUT2D eigenvalue weighted by Gasteiger charge is 2.09. The van der Waals surface area contributed by atoms with E-state index >= 15 is 0 Å². The van der Waals surface area contributed by atoms with Gasteiger partial charge in [0.2, 0.25) is 0 Å². The van der Waals surface area contributed by atoms with Crippen molar-refractivity contribution in [2.24, 2.45) is 0 Å². The van der Waals surface area contributed by atoms with Crippen LogP contribution in [-0.4, -0.2) is 24.2 Å². The number of anilines is 2. The Labute approximate surface area is 136 Å². The molecule has 1 heterocycles. The quantitative estimate of drug-likeness (QED) is 0.757. The van der Waals surface area contributed by atoms with Crippen molar-refractivity contribution in [3.05, 3.63) is 47.2 Å². The predicted octanol–water partition coefficient (Wildman–Crippen LogP) is 4.15. The van der Waals surface area contributed by atoms with E-state index in [-0.39, 0.29) is 0 Å². The van der Waals surface area contributed by atoms with E-state index < -0.39 is 0 Å². The highest BCUT2D eigenvalue weighted by atomic mass is 79.9. The zero-order valence-electron chi connectivity index (χ0n) is 12.1. The number of nitrogens with zero attached hydrogens (tertiary/aromatic N) is 2. The van der Waals surface area contributed by atoms with Crippen molar-refractivity contribution in [2.45, 2.75) is 0 Å². The van der Waals surface area contributed by atoms with Gasteiger partial charge in [0.15, 0.2) is 0 Å². The van der Waals surface area contributed by atoms with Crippen LogP contribution < -0.4 is 14.8 Å². The first-order valence-corrected chi connectivity index (χ1v) is 7.40. The van der Waals surface area contributed by atoms with Crippen LogP contribution in [0.15, 0.2) is 47.2 Å². The van der Waals surface area contributed by atoms with Crippen molar-refractivity contribution in [1.82, 2.24) is 9.97 Å². The van der Waals surface area contributed by atoms with Crippen molar-refractivity contribution in [3.63, 3.8) is 0 Å². The van der Waals surface area contributed by atoms with Gasteiger partial charge in [-0.3, -0.25) is 0 Å². The topological polar surface area (TPSA) is 56.3 Å². The molecule has 6 heteroatoms. The van der Waals surface area contributed by atoms with Gasteiger partial charge in [0.1, 0.15) is 23.6 Å². The van der Waals surface area contributed by atoms with Crippen LogP contribution in [0.1, 0.15) is 0 Å². The summed E-state index contributed by atoms with van der Waals surface area (Å²) >= 11 is 3.47. The molecule has 0 saturated heterocycles. The minimum atomic E-state index is 0.706. The molecule has 1 N–H and O–H groups in total. The first kappa shape index (κ1) is 14.6. The van der Waals surface area contributed by atoms with E-state index in [1.807, 2.05) is 36.4 Å². The average molecular weight is 360 g/mol. The number of rotatable bonds is 4. The summed E-state index contributed by atoms with van der Waals surface area (Å²) in [6.07, 6.45) is 1.53. The summed E-state index contributed by atoms with van der Waals surface area (Å²) in [6, 6.07) is 11.4. The summed E-state index contributed by atoms with van der Waals surface area (Å²) in [5.41, 5.74) is 1.64. The molecule has 0 aliphatic heterocycles. The summed E-state index contributed by atoms with van der Waals surface area (Å²) in [5, 5.41) is 4.21. The van der Waals surface area contributed by atoms with Gasteiger partial charge in [-0.15, -0.1) is 0 Å². The second-order valence-corrected chi connectivity index (χ2v) is 5.49. The molecule has 0 fully saturated rings. The van der Waals surface area contributed by atoms with Crippen LogP contribution in [0.2, 0.25) is 0 Å². The average Bonchev–Trinajstić information content (AvgIpc) is 2.55. The number of ether oxygens (including phenoxy) is 2. The Morgan fingerprint density at radius 1 is 1.00 bits per heavy atom. The molecule has 0 aliphatic carbocycles. The Morgan fingerprint density at radius 2 is 1.86 bits per heavy atom. The van der Waals surface area contributed by atoms with Gasteiger partial charge in [0.25, 0.3) is 0 Å². The van der Waals surface area contributed by atoms with Gasteiger partial charge in [-0.1, -0.05) is 15.9 Å². The molecule has 112 valence electrons. The molecule has 0 radical (unpaired) electrons. The number of fused-ring (bicyclic) bond motifs is 1. The molecule has 0 saturated carbocycles. The minimum Gasteiger partial charge on any atom is -0.497 e. The van der Waals surface area contributed by atoms with Gasteiger partial charge in [0, 0.05) is 15.9 Å². The van der Waals surface area contributed by atoms with Gasteiger partial charge in [0.05, 0.1) is 25.4 Å². The Morgan fingerprint density at radius 3 is 2.64 bits per heavy atom. The van der Waals surface area contributed by atoms with Gasteiger partial charge in [-0.2, -0.15) is 0 Å². The van der Waals surface area contributed by atoms with Crippen LogP contribution in [0.5, 0.6) is 11.5 Å². The zero-order valence-corrected chi connectivity index (χ0v) is 13.7. The summed E-state index contributed by atoms with van der Waals surface area (Å²) < 4.78 is 11.6. The number of hydrogen-bond acceptors (Lipinski definition) is 5. The second-order valence-electron chi connectivity index (χ2n) is 4.57. The van der Waals surface area contributed by atoms with Crippen LogP contribution in [0, 0.1) is 0 Å². The number of methoxy groups -OCH3 is 2. The maximum absolute atomic E-state index is 5.38. The Bertz CT molecular complexity index is 824. The number of halogens is 1. The number of benzene rings is 2. The maximum atomic E-state index is 5.38. The number of nitrogens with one attached hydrogen (secondary N) is 1. The van der Waals surface area contributed by atoms with Crippen molar-refractivity contribution < 1.29 is 9.47 Å². The Kier molecular flexibility index (Phi) is 4.11. The fourth-order valence-electron chi connectivity index (χ4n) is 2.17. The third-order valence-electron chi connectivity index (χ3n) is 3.26. The maximum Gasteiger partial charge on any atom is 0.142 e. The largest absolute Gasteiger partial charge is 0.497 e. The second kappa shape index (κ2) is 6.19. The summed E-state index contributed by atoms with van der Waals surface area (Å²) in [4.78, 5) is 8.61. The fraction of sp³-hybridized carbons (Fsp3) is 0.125. The molecular formula is C16H14BrN3O2. The van der Waals surface area contributed by atoms with Crippen LogP contribution in [0.4, 0.5) is 11.5 Å². The summed E-state index contributed by atoms with van der Waals surface area (Å²) in [5.74, 6) is 2.16. The molecule has 0 atom stereocenters. The highest BCUT2D eigenvalue weighted by molar-refractivity contribution is 9.10. The van der Waals surface area contributed by atoms with E-state index in [4.69, 9.17) is 9.47 Å². The molecule has 0 spiro atoms. The molecule has 22 heavy (non-hydrogen) atoms. The third-order valence-corrected chi connectivity index (χ3v) is 3.75. The first-order chi connectivity index (χ1) is 10.7. The van der Waals surface area contributed by atoms with Crippen LogP contribution in [0.25, 0.3) is 10.9 Å². The molecule has 1 aromatic heterocycles. The first-order valence-electron chi connectivity index (χ1n) is 6.60. The van der Waals surface area contributed by atoms with E-state index in [2.05, 4.69) is 31.2 Å². The lowest BCUT2D eigenvalue weighted by Crippen LogP contribution is -1.99. The minimum absolute atomic E-state index is 0.706. The lowest BCUT2D eigenvalue weighted by atomic mass is 10.2. The predicted molar refractivity (Wildman–Crippen MR) is 90.1 cm³/mol. The monoisotopic (exact) mass is 359 g/mol. The SMILES string of the molecule is COc1ccc(OC)c(Nc2ncnc3ccc(Br)cc23)c1. The van der Waals surface area contributed by atoms with Gasteiger partial charge in [-0.25, -0.2) is 9.97 Å². The summed E-state index contributed by atoms with van der Waals surface area (Å²) in [7, 11) is 3.25. The Balaban J connectivity index is 2.08. The lowest BCUT2D eigenvalue weighted by Gasteiger charge is -2.13.